The van der Waals surface area contributed by atoms with Crippen LogP contribution >= 0.6 is 0 Å². The summed E-state index contributed by atoms with van der Waals surface area (Å²) in [4.78, 5) is 2.27. The van der Waals surface area contributed by atoms with Crippen LogP contribution in [-0.2, 0) is 0 Å². The maximum absolute atomic E-state index is 3.44. The van der Waals surface area contributed by atoms with Crippen molar-refractivity contribution in [3.8, 4) is 0 Å². The topological polar surface area (TPSA) is 15.3 Å². The molecular formula is C9H22N2. The highest BCUT2D eigenvalue weighted by molar-refractivity contribution is 4.68. The first-order valence-electron chi connectivity index (χ1n) is 4.47. The first-order chi connectivity index (χ1) is 5.07. The van der Waals surface area contributed by atoms with Gasteiger partial charge in [0.25, 0.3) is 0 Å². The van der Waals surface area contributed by atoms with E-state index in [9.17, 15) is 0 Å². The largest absolute Gasteiger partial charge is 0.313 e. The van der Waals surface area contributed by atoms with Gasteiger partial charge in [-0.2, -0.15) is 0 Å². The second kappa shape index (κ2) is 5.56. The van der Waals surface area contributed by atoms with Crippen LogP contribution in [0.4, 0.5) is 0 Å². The third-order valence-corrected chi connectivity index (χ3v) is 1.96. The predicted octanol–water partition coefficient (Wildman–Crippen LogP) is 1.32. The van der Waals surface area contributed by atoms with Gasteiger partial charge in [-0.3, -0.25) is 0 Å². The van der Waals surface area contributed by atoms with Crippen LogP contribution in [0.1, 0.15) is 27.2 Å². The van der Waals surface area contributed by atoms with Gasteiger partial charge in [-0.15, -0.1) is 0 Å². The van der Waals surface area contributed by atoms with Crippen molar-refractivity contribution in [3.05, 3.63) is 0 Å². The van der Waals surface area contributed by atoms with E-state index in [-0.39, 0.29) is 0 Å². The number of likely N-dealkylation sites (N-methyl/N-ethyl adjacent to an activating group) is 1. The Balaban J connectivity index is 3.52. The van der Waals surface area contributed by atoms with Crippen molar-refractivity contribution in [1.82, 2.24) is 10.2 Å². The molecule has 68 valence electrons. The van der Waals surface area contributed by atoms with Crippen LogP contribution in [0.3, 0.4) is 0 Å². The van der Waals surface area contributed by atoms with Crippen LogP contribution in [0.2, 0.25) is 0 Å². The third-order valence-electron chi connectivity index (χ3n) is 1.96. The lowest BCUT2D eigenvalue weighted by Crippen LogP contribution is -2.39. The molecule has 0 aromatic heterocycles. The molecule has 0 amide bonds. The molecular weight excluding hydrogens is 136 g/mol. The van der Waals surface area contributed by atoms with Crippen molar-refractivity contribution in [2.75, 3.05) is 20.6 Å². The average Bonchev–Trinajstić information content (AvgIpc) is 1.87. The second-order valence-corrected chi connectivity index (χ2v) is 3.59. The molecule has 0 saturated carbocycles. The number of hydrogen-bond acceptors (Lipinski definition) is 2. The van der Waals surface area contributed by atoms with E-state index in [0.717, 1.165) is 6.54 Å². The van der Waals surface area contributed by atoms with Gasteiger partial charge in [-0.1, -0.05) is 20.8 Å². The van der Waals surface area contributed by atoms with Crippen molar-refractivity contribution in [3.63, 3.8) is 0 Å². The maximum Gasteiger partial charge on any atom is 0.0212 e. The molecule has 0 unspecified atom stereocenters. The van der Waals surface area contributed by atoms with E-state index >= 15 is 0 Å². The van der Waals surface area contributed by atoms with Gasteiger partial charge < -0.3 is 10.2 Å². The quantitative estimate of drug-likeness (QED) is 0.649. The van der Waals surface area contributed by atoms with Crippen LogP contribution in [0.5, 0.6) is 0 Å². The van der Waals surface area contributed by atoms with Crippen molar-refractivity contribution < 1.29 is 0 Å². The van der Waals surface area contributed by atoms with Crippen molar-refractivity contribution >= 4 is 0 Å². The lowest BCUT2D eigenvalue weighted by molar-refractivity contribution is 0.271. The van der Waals surface area contributed by atoms with Gasteiger partial charge in [0.05, 0.1) is 0 Å². The first-order valence-corrected chi connectivity index (χ1v) is 4.47. The van der Waals surface area contributed by atoms with Gasteiger partial charge >= 0.3 is 0 Å². The van der Waals surface area contributed by atoms with Gasteiger partial charge in [0.15, 0.2) is 0 Å². The molecule has 0 heterocycles. The molecule has 2 nitrogen and oxygen atoms in total. The lowest BCUT2D eigenvalue weighted by Gasteiger charge is -2.24. The smallest absolute Gasteiger partial charge is 0.0212 e. The molecule has 1 atom stereocenters. The minimum absolute atomic E-state index is 0.601. The zero-order chi connectivity index (χ0) is 8.85. The molecule has 0 fully saturated rings. The Morgan fingerprint density at radius 1 is 1.27 bits per heavy atom. The Morgan fingerprint density at radius 3 is 2.09 bits per heavy atom. The van der Waals surface area contributed by atoms with E-state index in [1.165, 1.54) is 6.42 Å². The Hall–Kier alpha value is -0.0800. The van der Waals surface area contributed by atoms with E-state index in [4.69, 9.17) is 0 Å². The Labute approximate surface area is 71.0 Å². The lowest BCUT2D eigenvalue weighted by atomic mass is 10.2. The minimum Gasteiger partial charge on any atom is -0.313 e. The fourth-order valence-electron chi connectivity index (χ4n) is 1.06. The molecule has 11 heavy (non-hydrogen) atoms. The van der Waals surface area contributed by atoms with Crippen molar-refractivity contribution in [1.29, 1.82) is 0 Å². The molecule has 0 bridgehead atoms. The zero-order valence-corrected chi connectivity index (χ0v) is 8.52. The van der Waals surface area contributed by atoms with Gasteiger partial charge in [-0.25, -0.2) is 0 Å². The molecule has 0 radical (unpaired) electrons. The average molecular weight is 158 g/mol. The van der Waals surface area contributed by atoms with Gasteiger partial charge in [0.2, 0.25) is 0 Å². The van der Waals surface area contributed by atoms with E-state index in [2.05, 4.69) is 45.1 Å². The summed E-state index contributed by atoms with van der Waals surface area (Å²) in [6, 6.07) is 1.28. The standard InChI is InChI=1S/C9H22N2/c1-6-9(11(4)5)7-10-8(2)3/h8-10H,6-7H2,1-5H3/t9-/m0/s1. The highest BCUT2D eigenvalue weighted by atomic mass is 15.1. The molecule has 0 aromatic rings. The van der Waals surface area contributed by atoms with E-state index in [0.29, 0.717) is 12.1 Å². The number of rotatable bonds is 5. The predicted molar refractivity (Wildman–Crippen MR) is 50.9 cm³/mol. The van der Waals surface area contributed by atoms with Crippen LogP contribution in [0, 0.1) is 0 Å². The molecule has 2 heteroatoms. The number of hydrogen-bond donors (Lipinski definition) is 1. The summed E-state index contributed by atoms with van der Waals surface area (Å²) in [5, 5.41) is 3.44. The highest BCUT2D eigenvalue weighted by Gasteiger charge is 2.07. The summed E-state index contributed by atoms with van der Waals surface area (Å²) < 4.78 is 0. The van der Waals surface area contributed by atoms with Crippen LogP contribution < -0.4 is 5.32 Å². The van der Waals surface area contributed by atoms with Crippen LogP contribution in [0.15, 0.2) is 0 Å². The fraction of sp³-hybridized carbons (Fsp3) is 1.00. The molecule has 0 aromatic carbocycles. The van der Waals surface area contributed by atoms with E-state index in [1.807, 2.05) is 0 Å². The molecule has 0 aliphatic rings. The molecule has 0 aliphatic carbocycles. The SMILES string of the molecule is CC[C@@H](CNC(C)C)N(C)C. The van der Waals surface area contributed by atoms with Crippen molar-refractivity contribution in [2.45, 2.75) is 39.3 Å². The highest BCUT2D eigenvalue weighted by Crippen LogP contribution is 1.96. The number of nitrogens with one attached hydrogen (secondary N) is 1. The fourth-order valence-corrected chi connectivity index (χ4v) is 1.06. The zero-order valence-electron chi connectivity index (χ0n) is 8.52. The summed E-state index contributed by atoms with van der Waals surface area (Å²) in [7, 11) is 4.27. The van der Waals surface area contributed by atoms with E-state index in [1.54, 1.807) is 0 Å². The van der Waals surface area contributed by atoms with Crippen LogP contribution in [-0.4, -0.2) is 37.6 Å². The first kappa shape index (κ1) is 10.9. The van der Waals surface area contributed by atoms with Gasteiger partial charge in [0.1, 0.15) is 0 Å². The maximum atomic E-state index is 3.44. The van der Waals surface area contributed by atoms with Crippen LogP contribution in [0.25, 0.3) is 0 Å². The normalized spacial score (nSPS) is 14.5. The molecule has 0 aliphatic heterocycles. The molecule has 0 spiro atoms. The number of nitrogens with zero attached hydrogens (tertiary/aromatic N) is 1. The van der Waals surface area contributed by atoms with Gasteiger partial charge in [-0.05, 0) is 20.5 Å². The Kier molecular flexibility index (Phi) is 5.51. The molecule has 1 N–H and O–H groups in total. The summed E-state index contributed by atoms with van der Waals surface area (Å²) >= 11 is 0. The summed E-state index contributed by atoms with van der Waals surface area (Å²) in [5.74, 6) is 0. The monoisotopic (exact) mass is 158 g/mol. The summed E-state index contributed by atoms with van der Waals surface area (Å²) in [6.45, 7) is 7.69. The summed E-state index contributed by atoms with van der Waals surface area (Å²) in [6.07, 6.45) is 1.22. The molecule has 0 rings (SSSR count). The van der Waals surface area contributed by atoms with Gasteiger partial charge in [0, 0.05) is 18.6 Å². The molecule has 0 saturated heterocycles. The second-order valence-electron chi connectivity index (χ2n) is 3.59. The Morgan fingerprint density at radius 2 is 1.82 bits per heavy atom. The third kappa shape index (κ3) is 5.22. The van der Waals surface area contributed by atoms with Crippen molar-refractivity contribution in [2.24, 2.45) is 0 Å². The minimum atomic E-state index is 0.601. The Bertz CT molecular complexity index is 89.6. The summed E-state index contributed by atoms with van der Waals surface area (Å²) in [5.41, 5.74) is 0. The van der Waals surface area contributed by atoms with E-state index < -0.39 is 0 Å².